The van der Waals surface area contributed by atoms with Crippen molar-refractivity contribution in [1.82, 2.24) is 15.3 Å². The number of nitrogens with one attached hydrogen (secondary N) is 1. The summed E-state index contributed by atoms with van der Waals surface area (Å²) >= 11 is 7.19. The minimum absolute atomic E-state index is 0.0848. The largest absolute Gasteiger partial charge is 0.462 e. The zero-order valence-electron chi connectivity index (χ0n) is 13.7. The second-order valence-corrected chi connectivity index (χ2v) is 6.32. The smallest absolute Gasteiger partial charge is 0.338 e. The van der Waals surface area contributed by atoms with Crippen molar-refractivity contribution in [3.05, 3.63) is 69.1 Å². The van der Waals surface area contributed by atoms with Crippen molar-refractivity contribution in [2.24, 2.45) is 0 Å². The van der Waals surface area contributed by atoms with Gasteiger partial charge in [-0.2, -0.15) is 5.26 Å². The topological polar surface area (TPSA) is 87.9 Å². The summed E-state index contributed by atoms with van der Waals surface area (Å²) in [6, 6.07) is 10.8. The van der Waals surface area contributed by atoms with Crippen LogP contribution in [-0.2, 0) is 4.74 Å². The van der Waals surface area contributed by atoms with E-state index in [0.717, 1.165) is 11.3 Å². The molecule has 2 aromatic rings. The average Bonchev–Trinajstić information content (AvgIpc) is 3.12. The average molecular weight is 385 g/mol. The third-order valence-electron chi connectivity index (χ3n) is 3.47. The summed E-state index contributed by atoms with van der Waals surface area (Å²) in [4.78, 5) is 19.6. The first-order chi connectivity index (χ1) is 12.6. The molecule has 3 rings (SSSR count). The van der Waals surface area contributed by atoms with Crippen LogP contribution in [0.5, 0.6) is 0 Å². The van der Waals surface area contributed by atoms with Gasteiger partial charge in [-0.3, -0.25) is 0 Å². The predicted octanol–water partition coefficient (Wildman–Crippen LogP) is 3.83. The van der Waals surface area contributed by atoms with E-state index >= 15 is 0 Å². The highest BCUT2D eigenvalue weighted by atomic mass is 35.5. The standard InChI is InChI=1S/C18H13ClN4O2S/c1-2-25-17(24)12-5-3-11(4-6-12)15-10-26-16(22-15)13(9-20)14-7-8-21-18(19)23-14/h3-8,10,22H,2H2,1H3/b16-13-. The number of nitriles is 1. The number of thioether (sulfide) groups is 1. The molecule has 1 N–H and O–H groups in total. The Morgan fingerprint density at radius 1 is 1.35 bits per heavy atom. The molecule has 0 spiro atoms. The highest BCUT2D eigenvalue weighted by Crippen LogP contribution is 2.34. The van der Waals surface area contributed by atoms with Gasteiger partial charge in [-0.15, -0.1) is 0 Å². The van der Waals surface area contributed by atoms with E-state index < -0.39 is 0 Å². The molecule has 0 aliphatic carbocycles. The van der Waals surface area contributed by atoms with E-state index in [-0.39, 0.29) is 11.3 Å². The summed E-state index contributed by atoms with van der Waals surface area (Å²) in [7, 11) is 0. The van der Waals surface area contributed by atoms with Crippen LogP contribution in [0.4, 0.5) is 0 Å². The Balaban J connectivity index is 1.81. The van der Waals surface area contributed by atoms with Gasteiger partial charge in [0.2, 0.25) is 5.28 Å². The fourth-order valence-corrected chi connectivity index (χ4v) is 3.27. The van der Waals surface area contributed by atoms with Gasteiger partial charge < -0.3 is 10.1 Å². The lowest BCUT2D eigenvalue weighted by molar-refractivity contribution is 0.0526. The van der Waals surface area contributed by atoms with Gasteiger partial charge in [-0.05, 0) is 42.3 Å². The van der Waals surface area contributed by atoms with Crippen LogP contribution in [0.2, 0.25) is 5.28 Å². The molecule has 0 atom stereocenters. The number of ether oxygens (including phenoxy) is 1. The molecule has 0 fully saturated rings. The third-order valence-corrected chi connectivity index (χ3v) is 4.55. The van der Waals surface area contributed by atoms with Crippen molar-refractivity contribution in [2.75, 3.05) is 6.61 Å². The van der Waals surface area contributed by atoms with Crippen LogP contribution in [0.15, 0.2) is 47.0 Å². The predicted molar refractivity (Wildman–Crippen MR) is 101 cm³/mol. The molecule has 1 aliphatic heterocycles. The number of aromatic nitrogens is 2. The highest BCUT2D eigenvalue weighted by Gasteiger charge is 2.19. The number of halogens is 1. The number of rotatable bonds is 4. The van der Waals surface area contributed by atoms with Crippen molar-refractivity contribution in [3.8, 4) is 6.07 Å². The molecule has 0 bridgehead atoms. The molecule has 26 heavy (non-hydrogen) atoms. The number of carbonyl (C=O) groups excluding carboxylic acids is 1. The van der Waals surface area contributed by atoms with Crippen LogP contribution >= 0.6 is 23.4 Å². The van der Waals surface area contributed by atoms with Gasteiger partial charge in [0.15, 0.2) is 0 Å². The van der Waals surface area contributed by atoms with E-state index in [1.807, 2.05) is 17.5 Å². The lowest BCUT2D eigenvalue weighted by Crippen LogP contribution is -2.08. The maximum atomic E-state index is 11.7. The minimum atomic E-state index is -0.352. The van der Waals surface area contributed by atoms with Crippen LogP contribution in [0, 0.1) is 11.3 Å². The maximum Gasteiger partial charge on any atom is 0.338 e. The quantitative estimate of drug-likeness (QED) is 0.486. The van der Waals surface area contributed by atoms with Gasteiger partial charge in [0.1, 0.15) is 11.6 Å². The first kappa shape index (κ1) is 18.0. The Bertz CT molecular complexity index is 948. The lowest BCUT2D eigenvalue weighted by Gasteiger charge is -2.08. The van der Waals surface area contributed by atoms with Crippen molar-refractivity contribution in [2.45, 2.75) is 6.92 Å². The van der Waals surface area contributed by atoms with Crippen molar-refractivity contribution >= 4 is 40.6 Å². The summed E-state index contributed by atoms with van der Waals surface area (Å²) in [6.07, 6.45) is 1.50. The number of hydrogen-bond donors (Lipinski definition) is 1. The van der Waals surface area contributed by atoms with Gasteiger partial charge in [0, 0.05) is 11.6 Å². The van der Waals surface area contributed by atoms with E-state index in [9.17, 15) is 10.1 Å². The van der Waals surface area contributed by atoms with Gasteiger partial charge in [-0.1, -0.05) is 23.9 Å². The van der Waals surface area contributed by atoms with E-state index in [1.165, 1.54) is 18.0 Å². The van der Waals surface area contributed by atoms with Gasteiger partial charge >= 0.3 is 5.97 Å². The molecule has 1 aliphatic rings. The van der Waals surface area contributed by atoms with Crippen molar-refractivity contribution in [3.63, 3.8) is 0 Å². The minimum Gasteiger partial charge on any atom is -0.462 e. The van der Waals surface area contributed by atoms with E-state index in [2.05, 4.69) is 21.4 Å². The monoisotopic (exact) mass is 384 g/mol. The first-order valence-electron chi connectivity index (χ1n) is 7.67. The Kier molecular flexibility index (Phi) is 5.56. The molecule has 1 aromatic heterocycles. The molecule has 0 unspecified atom stereocenters. The molecule has 2 heterocycles. The van der Waals surface area contributed by atoms with Gasteiger partial charge in [0.05, 0.1) is 28.6 Å². The first-order valence-corrected chi connectivity index (χ1v) is 8.93. The van der Waals surface area contributed by atoms with Crippen LogP contribution in [0.25, 0.3) is 11.3 Å². The fraction of sp³-hybridized carbons (Fsp3) is 0.111. The van der Waals surface area contributed by atoms with Crippen LogP contribution in [0.3, 0.4) is 0 Å². The zero-order chi connectivity index (χ0) is 18.5. The maximum absolute atomic E-state index is 11.7. The molecule has 8 heteroatoms. The molecule has 0 radical (unpaired) electrons. The number of esters is 1. The van der Waals surface area contributed by atoms with Gasteiger partial charge in [-0.25, -0.2) is 14.8 Å². The fourth-order valence-electron chi connectivity index (χ4n) is 2.26. The summed E-state index contributed by atoms with van der Waals surface area (Å²) in [5, 5.41) is 15.3. The molecule has 0 amide bonds. The van der Waals surface area contributed by atoms with Crippen LogP contribution < -0.4 is 5.32 Å². The summed E-state index contributed by atoms with van der Waals surface area (Å²) < 4.78 is 4.98. The normalized spacial score (nSPS) is 14.9. The summed E-state index contributed by atoms with van der Waals surface area (Å²) in [6.45, 7) is 2.10. The molecule has 0 saturated carbocycles. The van der Waals surface area contributed by atoms with E-state index in [1.54, 1.807) is 25.1 Å². The molecular formula is C18H13ClN4O2S. The molecule has 1 aromatic carbocycles. The number of hydrogen-bond acceptors (Lipinski definition) is 7. The highest BCUT2D eigenvalue weighted by molar-refractivity contribution is 8.06. The van der Waals surface area contributed by atoms with Crippen molar-refractivity contribution < 1.29 is 9.53 Å². The Morgan fingerprint density at radius 2 is 2.12 bits per heavy atom. The molecular weight excluding hydrogens is 372 g/mol. The molecule has 6 nitrogen and oxygen atoms in total. The Labute approximate surface area is 159 Å². The molecule has 0 saturated heterocycles. The second-order valence-electron chi connectivity index (χ2n) is 5.10. The number of benzene rings is 1. The number of nitrogens with zero attached hydrogens (tertiary/aromatic N) is 3. The van der Waals surface area contributed by atoms with Gasteiger partial charge in [0.25, 0.3) is 0 Å². The second kappa shape index (κ2) is 8.04. The van der Waals surface area contributed by atoms with Crippen LogP contribution in [-0.4, -0.2) is 22.5 Å². The zero-order valence-corrected chi connectivity index (χ0v) is 15.3. The van der Waals surface area contributed by atoms with Crippen molar-refractivity contribution in [1.29, 1.82) is 5.26 Å². The van der Waals surface area contributed by atoms with Crippen LogP contribution in [0.1, 0.15) is 28.5 Å². The third kappa shape index (κ3) is 3.87. The Hall–Kier alpha value is -2.82. The Morgan fingerprint density at radius 3 is 2.77 bits per heavy atom. The molecule has 130 valence electrons. The number of carbonyl (C=O) groups is 1. The van der Waals surface area contributed by atoms with E-state index in [4.69, 9.17) is 16.3 Å². The SMILES string of the molecule is CCOC(=O)c1ccc(C2=CS/C(=C(/C#N)c3ccnc(Cl)n3)N2)cc1. The number of allylic oxidation sites excluding steroid dienone is 1. The lowest BCUT2D eigenvalue weighted by atomic mass is 10.1. The summed E-state index contributed by atoms with van der Waals surface area (Å²) in [5.41, 5.74) is 3.04. The summed E-state index contributed by atoms with van der Waals surface area (Å²) in [5.74, 6) is -0.352. The van der Waals surface area contributed by atoms with E-state index in [0.29, 0.717) is 28.5 Å².